The predicted molar refractivity (Wildman–Crippen MR) is 110 cm³/mol. The van der Waals surface area contributed by atoms with Crippen LogP contribution in [0.2, 0.25) is 0 Å². The number of fused-ring (bicyclic) bond motifs is 5. The second-order valence-corrected chi connectivity index (χ2v) is 7.27. The highest BCUT2D eigenvalue weighted by atomic mass is 79.9. The largest absolute Gasteiger partial charge is 0.302 e. The van der Waals surface area contributed by atoms with Crippen LogP contribution in [0.25, 0.3) is 33.1 Å². The van der Waals surface area contributed by atoms with Crippen LogP contribution in [0.1, 0.15) is 5.56 Å². The van der Waals surface area contributed by atoms with Gasteiger partial charge in [0, 0.05) is 11.1 Å². The van der Waals surface area contributed by atoms with E-state index in [1.165, 1.54) is 5.56 Å². The first-order valence-electron chi connectivity index (χ1n) is 8.46. The Balaban J connectivity index is 2.09. The molecule has 0 aliphatic heterocycles. The summed E-state index contributed by atoms with van der Waals surface area (Å²) in [6.45, 7) is 2.05. The molecule has 5 aromatic rings. The summed E-state index contributed by atoms with van der Waals surface area (Å²) >= 11 is 3.67. The van der Waals surface area contributed by atoms with E-state index in [2.05, 4.69) is 32.5 Å². The Morgan fingerprint density at radius 2 is 1.38 bits per heavy atom. The van der Waals surface area contributed by atoms with Crippen LogP contribution < -0.4 is 5.56 Å². The maximum Gasteiger partial charge on any atom is 0.281 e. The standard InChI is InChI=1S/C22H15BrN2O/c1-14-10-12-15(13-11-14)24-18-8-4-5-9-19(18)25-17-7-3-2-6-16(17)20(23)21(25)22(24)26/h2-13H,1H3. The summed E-state index contributed by atoms with van der Waals surface area (Å²) in [7, 11) is 0. The molecule has 0 atom stereocenters. The van der Waals surface area contributed by atoms with Gasteiger partial charge in [0.25, 0.3) is 5.56 Å². The molecule has 0 fully saturated rings. The summed E-state index contributed by atoms with van der Waals surface area (Å²) in [5.41, 5.74) is 5.59. The molecule has 2 aromatic heterocycles. The van der Waals surface area contributed by atoms with E-state index < -0.39 is 0 Å². The molecule has 5 rings (SSSR count). The quantitative estimate of drug-likeness (QED) is 0.365. The van der Waals surface area contributed by atoms with E-state index in [1.807, 2.05) is 67.6 Å². The Kier molecular flexibility index (Phi) is 3.31. The second-order valence-electron chi connectivity index (χ2n) is 6.48. The van der Waals surface area contributed by atoms with Crippen molar-refractivity contribution in [2.75, 3.05) is 0 Å². The van der Waals surface area contributed by atoms with E-state index in [1.54, 1.807) is 4.57 Å². The number of aryl methyl sites for hydroxylation is 1. The number of hydrogen-bond acceptors (Lipinski definition) is 1. The predicted octanol–water partition coefficient (Wildman–Crippen LogP) is 5.47. The van der Waals surface area contributed by atoms with E-state index in [0.717, 1.165) is 32.1 Å². The van der Waals surface area contributed by atoms with Gasteiger partial charge >= 0.3 is 0 Å². The molecule has 2 heterocycles. The molecule has 0 bridgehead atoms. The highest BCUT2D eigenvalue weighted by Crippen LogP contribution is 2.32. The third-order valence-corrected chi connectivity index (χ3v) is 5.68. The molecule has 0 unspecified atom stereocenters. The van der Waals surface area contributed by atoms with Gasteiger partial charge in [0.1, 0.15) is 5.52 Å². The van der Waals surface area contributed by atoms with Gasteiger partial charge in [0.2, 0.25) is 0 Å². The van der Waals surface area contributed by atoms with Gasteiger partial charge < -0.3 is 4.40 Å². The zero-order chi connectivity index (χ0) is 17.8. The molecule has 0 radical (unpaired) electrons. The number of hydrogen-bond donors (Lipinski definition) is 0. The summed E-state index contributed by atoms with van der Waals surface area (Å²) in [5, 5.41) is 1.04. The zero-order valence-electron chi connectivity index (χ0n) is 14.1. The number of nitrogens with zero attached hydrogens (tertiary/aromatic N) is 2. The normalized spacial score (nSPS) is 11.6. The van der Waals surface area contributed by atoms with E-state index in [4.69, 9.17) is 0 Å². The third-order valence-electron chi connectivity index (χ3n) is 4.87. The zero-order valence-corrected chi connectivity index (χ0v) is 15.7. The van der Waals surface area contributed by atoms with Crippen LogP contribution >= 0.6 is 15.9 Å². The minimum Gasteiger partial charge on any atom is -0.302 e. The molecule has 0 spiro atoms. The topological polar surface area (TPSA) is 26.4 Å². The average molecular weight is 403 g/mol. The second kappa shape index (κ2) is 5.58. The summed E-state index contributed by atoms with van der Waals surface area (Å²) in [5.74, 6) is 0. The molecule has 3 nitrogen and oxygen atoms in total. The Morgan fingerprint density at radius 3 is 2.12 bits per heavy atom. The smallest absolute Gasteiger partial charge is 0.281 e. The van der Waals surface area contributed by atoms with Crippen molar-refractivity contribution in [2.45, 2.75) is 6.92 Å². The van der Waals surface area contributed by atoms with Crippen molar-refractivity contribution in [1.82, 2.24) is 8.97 Å². The SMILES string of the molecule is Cc1ccc(-n2c(=O)c3c(Br)c4ccccc4n3c3ccccc32)cc1. The Hall–Kier alpha value is -2.85. The highest BCUT2D eigenvalue weighted by Gasteiger charge is 2.18. The van der Waals surface area contributed by atoms with Crippen molar-refractivity contribution in [3.05, 3.63) is 93.2 Å². The lowest BCUT2D eigenvalue weighted by atomic mass is 10.2. The fourth-order valence-corrected chi connectivity index (χ4v) is 4.33. The fourth-order valence-electron chi connectivity index (χ4n) is 3.65. The van der Waals surface area contributed by atoms with Gasteiger partial charge in [-0.15, -0.1) is 0 Å². The van der Waals surface area contributed by atoms with Crippen LogP contribution in [0.15, 0.2) is 82.1 Å². The van der Waals surface area contributed by atoms with Gasteiger partial charge in [-0.3, -0.25) is 9.36 Å². The Bertz CT molecular complexity index is 1360. The molecule has 4 heteroatoms. The molecule has 0 saturated heterocycles. The third kappa shape index (κ3) is 2.02. The van der Waals surface area contributed by atoms with Crippen LogP contribution in [0, 0.1) is 6.92 Å². The number of halogens is 1. The molecular formula is C22H15BrN2O. The number of para-hydroxylation sites is 3. The lowest BCUT2D eigenvalue weighted by Gasteiger charge is -2.13. The maximum absolute atomic E-state index is 13.5. The molecule has 0 aliphatic carbocycles. The van der Waals surface area contributed by atoms with E-state index >= 15 is 0 Å². The summed E-state index contributed by atoms with van der Waals surface area (Å²) in [6, 6.07) is 24.2. The van der Waals surface area contributed by atoms with E-state index in [-0.39, 0.29) is 5.56 Å². The van der Waals surface area contributed by atoms with Crippen LogP contribution in [-0.2, 0) is 0 Å². The molecule has 0 amide bonds. The van der Waals surface area contributed by atoms with E-state index in [9.17, 15) is 4.79 Å². The van der Waals surface area contributed by atoms with Crippen molar-refractivity contribution < 1.29 is 0 Å². The van der Waals surface area contributed by atoms with Crippen LogP contribution in [-0.4, -0.2) is 8.97 Å². The lowest BCUT2D eigenvalue weighted by molar-refractivity contribution is 1.03. The van der Waals surface area contributed by atoms with Crippen LogP contribution in [0.5, 0.6) is 0 Å². The Labute approximate surface area is 158 Å². The van der Waals surface area contributed by atoms with Crippen molar-refractivity contribution >= 4 is 43.4 Å². The fraction of sp³-hybridized carbons (Fsp3) is 0.0455. The van der Waals surface area contributed by atoms with Crippen molar-refractivity contribution in [3.63, 3.8) is 0 Å². The van der Waals surface area contributed by atoms with Crippen LogP contribution in [0.3, 0.4) is 0 Å². The highest BCUT2D eigenvalue weighted by molar-refractivity contribution is 9.10. The van der Waals surface area contributed by atoms with Gasteiger partial charge in [0.05, 0.1) is 21.0 Å². The number of benzene rings is 3. The average Bonchev–Trinajstić information content (AvgIpc) is 2.97. The molecule has 0 N–H and O–H groups in total. The maximum atomic E-state index is 13.5. The first kappa shape index (κ1) is 15.4. The summed E-state index contributed by atoms with van der Waals surface area (Å²) in [4.78, 5) is 13.5. The molecule has 3 aromatic carbocycles. The van der Waals surface area contributed by atoms with Gasteiger partial charge in [-0.2, -0.15) is 0 Å². The van der Waals surface area contributed by atoms with Gasteiger partial charge in [-0.25, -0.2) is 0 Å². The van der Waals surface area contributed by atoms with Gasteiger partial charge in [-0.1, -0.05) is 48.0 Å². The molecule has 0 aliphatic rings. The monoisotopic (exact) mass is 402 g/mol. The van der Waals surface area contributed by atoms with E-state index in [0.29, 0.717) is 5.52 Å². The molecule has 126 valence electrons. The minimum absolute atomic E-state index is 0.0318. The van der Waals surface area contributed by atoms with Crippen molar-refractivity contribution in [2.24, 2.45) is 0 Å². The summed E-state index contributed by atoms with van der Waals surface area (Å²) < 4.78 is 4.69. The van der Waals surface area contributed by atoms with Crippen molar-refractivity contribution in [1.29, 1.82) is 0 Å². The first-order chi connectivity index (χ1) is 12.7. The molecule has 0 saturated carbocycles. The number of aromatic nitrogens is 2. The summed E-state index contributed by atoms with van der Waals surface area (Å²) in [6.07, 6.45) is 0. The van der Waals surface area contributed by atoms with Gasteiger partial charge in [-0.05, 0) is 53.2 Å². The first-order valence-corrected chi connectivity index (χ1v) is 9.25. The molecular weight excluding hydrogens is 388 g/mol. The lowest BCUT2D eigenvalue weighted by Crippen LogP contribution is -2.21. The van der Waals surface area contributed by atoms with Crippen LogP contribution in [0.4, 0.5) is 0 Å². The van der Waals surface area contributed by atoms with Gasteiger partial charge in [0.15, 0.2) is 0 Å². The van der Waals surface area contributed by atoms with Crippen molar-refractivity contribution in [3.8, 4) is 5.69 Å². The number of rotatable bonds is 1. The molecule has 26 heavy (non-hydrogen) atoms. The minimum atomic E-state index is -0.0318. The Morgan fingerprint density at radius 1 is 0.769 bits per heavy atom.